The lowest BCUT2D eigenvalue weighted by atomic mass is 9.98. The van der Waals surface area contributed by atoms with Crippen LogP contribution in [0.15, 0.2) is 54.2 Å². The molecule has 0 spiro atoms. The number of pyridine rings is 1. The summed E-state index contributed by atoms with van der Waals surface area (Å²) >= 11 is 0. The molecular formula is C24H30N3O4+. The second-order valence-electron chi connectivity index (χ2n) is 7.41. The van der Waals surface area contributed by atoms with Crippen LogP contribution in [0.25, 0.3) is 5.76 Å². The first-order chi connectivity index (χ1) is 15.0. The van der Waals surface area contributed by atoms with Gasteiger partial charge in [0.05, 0.1) is 44.1 Å². The van der Waals surface area contributed by atoms with Crippen molar-refractivity contribution < 1.29 is 24.3 Å². The molecular weight excluding hydrogens is 394 g/mol. The number of aliphatic hydroxyl groups excluding tert-OH is 1. The molecule has 0 radical (unpaired) electrons. The second-order valence-corrected chi connectivity index (χ2v) is 7.41. The summed E-state index contributed by atoms with van der Waals surface area (Å²) in [5.41, 5.74) is 1.09. The van der Waals surface area contributed by atoms with E-state index in [1.54, 1.807) is 42.6 Å². The van der Waals surface area contributed by atoms with Crippen LogP contribution in [0.5, 0.6) is 5.75 Å². The molecule has 3 rings (SSSR count). The summed E-state index contributed by atoms with van der Waals surface area (Å²) in [5, 5.41) is 11.1. The molecule has 0 bridgehead atoms. The van der Waals surface area contributed by atoms with E-state index < -0.39 is 17.7 Å². The van der Waals surface area contributed by atoms with E-state index >= 15 is 0 Å². The van der Waals surface area contributed by atoms with Gasteiger partial charge in [0.1, 0.15) is 17.6 Å². The van der Waals surface area contributed by atoms with Crippen LogP contribution in [0.4, 0.5) is 0 Å². The molecule has 164 valence electrons. The SMILES string of the molecule is CCOc1ccc(C(O)=C2C(=O)C(=O)N(CC[NH+](CC)CC)[C@@H]2c2ccccn2)cc1. The standard InChI is InChI=1S/C24H29N3O4/c1-4-26(5-2)15-16-27-21(19-9-7-8-14-25-19)20(23(29)24(27)30)22(28)17-10-12-18(13-11-17)31-6-3/h7-14,21,28H,4-6,15-16H2,1-3H3/p+1/t21-/m1/s1. The zero-order valence-electron chi connectivity index (χ0n) is 18.3. The average molecular weight is 425 g/mol. The van der Waals surface area contributed by atoms with Crippen molar-refractivity contribution >= 4 is 17.4 Å². The molecule has 1 aliphatic rings. The van der Waals surface area contributed by atoms with Gasteiger partial charge in [-0.15, -0.1) is 0 Å². The van der Waals surface area contributed by atoms with Gasteiger partial charge in [-0.1, -0.05) is 6.07 Å². The number of nitrogens with zero attached hydrogens (tertiary/aromatic N) is 2. The average Bonchev–Trinajstić information content (AvgIpc) is 3.05. The number of quaternary nitrogens is 1. The van der Waals surface area contributed by atoms with Crippen LogP contribution in [-0.2, 0) is 9.59 Å². The molecule has 31 heavy (non-hydrogen) atoms. The molecule has 7 heteroatoms. The lowest BCUT2D eigenvalue weighted by Crippen LogP contribution is -3.12. The number of nitrogens with one attached hydrogen (secondary N) is 1. The Kier molecular flexibility index (Phi) is 7.41. The predicted octanol–water partition coefficient (Wildman–Crippen LogP) is 1.83. The molecule has 0 saturated carbocycles. The number of likely N-dealkylation sites (tertiary alicyclic amines) is 1. The highest BCUT2D eigenvalue weighted by Crippen LogP contribution is 2.38. The van der Waals surface area contributed by atoms with Gasteiger partial charge < -0.3 is 19.6 Å². The maximum Gasteiger partial charge on any atom is 0.295 e. The van der Waals surface area contributed by atoms with Gasteiger partial charge in [-0.2, -0.15) is 0 Å². The molecule has 1 aliphatic heterocycles. The van der Waals surface area contributed by atoms with Crippen LogP contribution < -0.4 is 9.64 Å². The number of ketones is 1. The molecule has 7 nitrogen and oxygen atoms in total. The molecule has 2 aromatic rings. The summed E-state index contributed by atoms with van der Waals surface area (Å²) < 4.78 is 5.45. The summed E-state index contributed by atoms with van der Waals surface area (Å²) in [5.74, 6) is -0.816. The number of carbonyl (C=O) groups excluding carboxylic acids is 2. The zero-order valence-corrected chi connectivity index (χ0v) is 18.3. The van der Waals surface area contributed by atoms with Gasteiger partial charge in [0.15, 0.2) is 0 Å². The van der Waals surface area contributed by atoms with Gasteiger partial charge in [-0.05, 0) is 57.2 Å². The first kappa shape index (κ1) is 22.5. The highest BCUT2D eigenvalue weighted by molar-refractivity contribution is 6.46. The predicted molar refractivity (Wildman–Crippen MR) is 118 cm³/mol. The minimum Gasteiger partial charge on any atom is -0.507 e. The fourth-order valence-corrected chi connectivity index (χ4v) is 3.87. The van der Waals surface area contributed by atoms with Crippen molar-refractivity contribution in [3.8, 4) is 5.75 Å². The molecule has 1 fully saturated rings. The topological polar surface area (TPSA) is 84.2 Å². The fraction of sp³-hybridized carbons (Fsp3) is 0.375. The number of aliphatic hydroxyl groups is 1. The summed E-state index contributed by atoms with van der Waals surface area (Å²) in [6.07, 6.45) is 1.63. The number of rotatable bonds is 9. The van der Waals surface area contributed by atoms with E-state index in [0.717, 1.165) is 13.1 Å². The molecule has 1 saturated heterocycles. The molecule has 1 amide bonds. The highest BCUT2D eigenvalue weighted by atomic mass is 16.5. The Morgan fingerprint density at radius 2 is 1.81 bits per heavy atom. The Morgan fingerprint density at radius 1 is 1.10 bits per heavy atom. The number of amides is 1. The third-order valence-electron chi connectivity index (χ3n) is 5.65. The molecule has 0 unspecified atom stereocenters. The molecule has 1 aromatic carbocycles. The van der Waals surface area contributed by atoms with E-state index in [1.165, 1.54) is 9.80 Å². The number of benzene rings is 1. The Hall–Kier alpha value is -3.19. The van der Waals surface area contributed by atoms with E-state index in [4.69, 9.17) is 4.74 Å². The number of hydrogen-bond donors (Lipinski definition) is 2. The Balaban J connectivity index is 2.03. The smallest absolute Gasteiger partial charge is 0.295 e. The van der Waals surface area contributed by atoms with E-state index in [9.17, 15) is 14.7 Å². The number of ether oxygens (including phenoxy) is 1. The van der Waals surface area contributed by atoms with Crippen molar-refractivity contribution in [2.75, 3.05) is 32.8 Å². The van der Waals surface area contributed by atoms with Crippen LogP contribution in [0.1, 0.15) is 38.1 Å². The van der Waals surface area contributed by atoms with Crippen molar-refractivity contribution in [1.82, 2.24) is 9.88 Å². The Morgan fingerprint density at radius 3 is 2.39 bits per heavy atom. The van der Waals surface area contributed by atoms with Gasteiger partial charge in [0.25, 0.3) is 11.7 Å². The molecule has 1 atom stereocenters. The maximum absolute atomic E-state index is 13.0. The van der Waals surface area contributed by atoms with Crippen molar-refractivity contribution in [1.29, 1.82) is 0 Å². The van der Waals surface area contributed by atoms with Gasteiger partial charge >= 0.3 is 0 Å². The van der Waals surface area contributed by atoms with E-state index in [-0.39, 0.29) is 11.3 Å². The lowest BCUT2D eigenvalue weighted by Gasteiger charge is -2.26. The van der Waals surface area contributed by atoms with Crippen molar-refractivity contribution in [3.63, 3.8) is 0 Å². The third-order valence-corrected chi connectivity index (χ3v) is 5.65. The minimum absolute atomic E-state index is 0.0717. The van der Waals surface area contributed by atoms with Crippen molar-refractivity contribution in [2.24, 2.45) is 0 Å². The number of likely N-dealkylation sites (N-methyl/N-ethyl adjacent to an activating group) is 1. The highest BCUT2D eigenvalue weighted by Gasteiger charge is 2.46. The van der Waals surface area contributed by atoms with Crippen LogP contribution >= 0.6 is 0 Å². The first-order valence-electron chi connectivity index (χ1n) is 10.8. The third kappa shape index (κ3) is 4.77. The van der Waals surface area contributed by atoms with Gasteiger partial charge in [-0.3, -0.25) is 14.6 Å². The van der Waals surface area contributed by atoms with Crippen LogP contribution in [0.2, 0.25) is 0 Å². The number of Topliss-reactive ketones (excluding diaryl/α,β-unsaturated/α-hetero) is 1. The van der Waals surface area contributed by atoms with Crippen LogP contribution in [-0.4, -0.2) is 59.5 Å². The van der Waals surface area contributed by atoms with E-state index in [1.807, 2.05) is 13.0 Å². The maximum atomic E-state index is 13.0. The monoisotopic (exact) mass is 424 g/mol. The second kappa shape index (κ2) is 10.2. The summed E-state index contributed by atoms with van der Waals surface area (Å²) in [6.45, 7) is 9.59. The quantitative estimate of drug-likeness (QED) is 0.365. The normalized spacial score (nSPS) is 18.1. The summed E-state index contributed by atoms with van der Waals surface area (Å²) in [6, 6.07) is 11.5. The van der Waals surface area contributed by atoms with Gasteiger partial charge in [0, 0.05) is 11.8 Å². The van der Waals surface area contributed by atoms with Gasteiger partial charge in [-0.25, -0.2) is 0 Å². The van der Waals surface area contributed by atoms with Gasteiger partial charge in [0.2, 0.25) is 0 Å². The Labute approximate surface area is 183 Å². The van der Waals surface area contributed by atoms with Crippen molar-refractivity contribution in [3.05, 3.63) is 65.5 Å². The lowest BCUT2D eigenvalue weighted by molar-refractivity contribution is -0.895. The van der Waals surface area contributed by atoms with Crippen LogP contribution in [0, 0.1) is 0 Å². The van der Waals surface area contributed by atoms with Crippen LogP contribution in [0.3, 0.4) is 0 Å². The largest absolute Gasteiger partial charge is 0.507 e. The zero-order chi connectivity index (χ0) is 22.4. The number of hydrogen-bond acceptors (Lipinski definition) is 5. The number of carbonyl (C=O) groups is 2. The fourth-order valence-electron chi connectivity index (χ4n) is 3.87. The van der Waals surface area contributed by atoms with Crippen molar-refractivity contribution in [2.45, 2.75) is 26.8 Å². The molecule has 0 aliphatic carbocycles. The molecule has 2 N–H and O–H groups in total. The summed E-state index contributed by atoms with van der Waals surface area (Å²) in [4.78, 5) is 33.2. The number of aromatic nitrogens is 1. The summed E-state index contributed by atoms with van der Waals surface area (Å²) in [7, 11) is 0. The van der Waals surface area contributed by atoms with E-state index in [2.05, 4.69) is 18.8 Å². The van der Waals surface area contributed by atoms with E-state index in [0.29, 0.717) is 36.7 Å². The first-order valence-corrected chi connectivity index (χ1v) is 10.8. The molecule has 2 heterocycles. The Bertz CT molecular complexity index is 937. The molecule has 1 aromatic heterocycles. The minimum atomic E-state index is -0.720.